The molecule has 0 saturated heterocycles. The van der Waals surface area contributed by atoms with Crippen LogP contribution in [0.3, 0.4) is 0 Å². The van der Waals surface area contributed by atoms with Crippen LogP contribution in [0.15, 0.2) is 12.1 Å². The van der Waals surface area contributed by atoms with Crippen molar-refractivity contribution in [2.75, 3.05) is 13.7 Å². The van der Waals surface area contributed by atoms with Crippen molar-refractivity contribution in [1.29, 1.82) is 0 Å². The molecule has 14 heavy (non-hydrogen) atoms. The molecule has 1 aromatic carbocycles. The monoisotopic (exact) mass is 205 g/mol. The lowest BCUT2D eigenvalue weighted by Crippen LogP contribution is -2.15. The van der Waals surface area contributed by atoms with Crippen LogP contribution in [0.25, 0.3) is 0 Å². The van der Waals surface area contributed by atoms with E-state index in [0.717, 1.165) is 12.1 Å². The maximum atomic E-state index is 12.8. The maximum Gasteiger partial charge on any atom is 0.194 e. The van der Waals surface area contributed by atoms with Gasteiger partial charge in [0, 0.05) is 13.7 Å². The molecule has 0 amide bonds. The molecule has 1 unspecified atom stereocenters. The number of hydrogen-bond acceptors (Lipinski definition) is 2. The van der Waals surface area contributed by atoms with E-state index in [0.29, 0.717) is 0 Å². The molecule has 0 aliphatic rings. The van der Waals surface area contributed by atoms with E-state index in [1.54, 1.807) is 0 Å². The molecule has 0 radical (unpaired) electrons. The zero-order chi connectivity index (χ0) is 10.7. The molecule has 0 aliphatic carbocycles. The third kappa shape index (κ3) is 2.05. The van der Waals surface area contributed by atoms with Crippen LogP contribution >= 0.6 is 0 Å². The van der Waals surface area contributed by atoms with Gasteiger partial charge in [0.15, 0.2) is 17.5 Å². The Hall–Kier alpha value is -1.07. The van der Waals surface area contributed by atoms with E-state index in [2.05, 4.69) is 0 Å². The summed E-state index contributed by atoms with van der Waals surface area (Å²) in [5.74, 6) is -3.97. The largest absolute Gasteiger partial charge is 0.375 e. The van der Waals surface area contributed by atoms with E-state index < -0.39 is 23.6 Å². The highest BCUT2D eigenvalue weighted by molar-refractivity contribution is 5.21. The van der Waals surface area contributed by atoms with Gasteiger partial charge in [0.05, 0.1) is 6.10 Å². The number of ether oxygens (including phenoxy) is 1. The molecular weight excluding hydrogens is 195 g/mol. The fraction of sp³-hybridized carbons (Fsp3) is 0.333. The van der Waals surface area contributed by atoms with Crippen molar-refractivity contribution in [3.8, 4) is 0 Å². The highest BCUT2D eigenvalue weighted by Gasteiger charge is 2.15. The van der Waals surface area contributed by atoms with Gasteiger partial charge in [-0.15, -0.1) is 0 Å². The van der Waals surface area contributed by atoms with Crippen LogP contribution in [-0.2, 0) is 4.74 Å². The Morgan fingerprint density at radius 3 is 2.14 bits per heavy atom. The van der Waals surface area contributed by atoms with E-state index in [9.17, 15) is 13.2 Å². The van der Waals surface area contributed by atoms with E-state index in [-0.39, 0.29) is 12.1 Å². The predicted molar refractivity (Wildman–Crippen MR) is 45.1 cm³/mol. The minimum Gasteiger partial charge on any atom is -0.375 e. The first-order valence-corrected chi connectivity index (χ1v) is 3.97. The van der Waals surface area contributed by atoms with Crippen molar-refractivity contribution < 1.29 is 17.9 Å². The number of methoxy groups -OCH3 is 1. The third-order valence-electron chi connectivity index (χ3n) is 1.88. The highest BCUT2D eigenvalue weighted by Crippen LogP contribution is 2.20. The van der Waals surface area contributed by atoms with Gasteiger partial charge in [0.25, 0.3) is 0 Å². The van der Waals surface area contributed by atoms with Gasteiger partial charge in [-0.05, 0) is 17.7 Å². The van der Waals surface area contributed by atoms with Gasteiger partial charge in [-0.25, -0.2) is 13.2 Å². The van der Waals surface area contributed by atoms with Crippen LogP contribution in [0.4, 0.5) is 13.2 Å². The van der Waals surface area contributed by atoms with Crippen molar-refractivity contribution in [3.63, 3.8) is 0 Å². The summed E-state index contributed by atoms with van der Waals surface area (Å²) in [6.07, 6.45) is -0.625. The van der Waals surface area contributed by atoms with Gasteiger partial charge in [-0.3, -0.25) is 0 Å². The van der Waals surface area contributed by atoms with Crippen LogP contribution in [0.5, 0.6) is 0 Å². The minimum absolute atomic E-state index is 0.0704. The lowest BCUT2D eigenvalue weighted by Gasteiger charge is -2.13. The van der Waals surface area contributed by atoms with Crippen molar-refractivity contribution >= 4 is 0 Å². The molecule has 0 aliphatic heterocycles. The summed E-state index contributed by atoms with van der Waals surface area (Å²) in [4.78, 5) is 0. The average Bonchev–Trinajstić information content (AvgIpc) is 2.16. The second kappa shape index (κ2) is 4.43. The Morgan fingerprint density at radius 2 is 1.79 bits per heavy atom. The van der Waals surface area contributed by atoms with E-state index in [1.165, 1.54) is 7.11 Å². The van der Waals surface area contributed by atoms with Gasteiger partial charge >= 0.3 is 0 Å². The van der Waals surface area contributed by atoms with Crippen molar-refractivity contribution in [3.05, 3.63) is 35.1 Å². The topological polar surface area (TPSA) is 35.2 Å². The molecule has 1 atom stereocenters. The third-order valence-corrected chi connectivity index (χ3v) is 1.88. The molecule has 0 spiro atoms. The van der Waals surface area contributed by atoms with Crippen molar-refractivity contribution in [2.45, 2.75) is 6.10 Å². The molecular formula is C9H10F3NO. The second-order valence-corrected chi connectivity index (χ2v) is 2.76. The Kier molecular flexibility index (Phi) is 3.49. The van der Waals surface area contributed by atoms with E-state index >= 15 is 0 Å². The maximum absolute atomic E-state index is 12.8. The number of hydrogen-bond donors (Lipinski definition) is 1. The first-order valence-electron chi connectivity index (χ1n) is 3.97. The summed E-state index contributed by atoms with van der Waals surface area (Å²) in [5.41, 5.74) is 5.48. The van der Waals surface area contributed by atoms with Crippen molar-refractivity contribution in [1.82, 2.24) is 0 Å². The van der Waals surface area contributed by atoms with Crippen LogP contribution in [0.1, 0.15) is 11.7 Å². The average molecular weight is 205 g/mol. The number of benzene rings is 1. The number of nitrogens with two attached hydrogens (primary N) is 1. The van der Waals surface area contributed by atoms with Gasteiger partial charge in [-0.1, -0.05) is 0 Å². The van der Waals surface area contributed by atoms with Crippen molar-refractivity contribution in [2.24, 2.45) is 5.73 Å². The van der Waals surface area contributed by atoms with Gasteiger partial charge in [0.1, 0.15) is 0 Å². The fourth-order valence-corrected chi connectivity index (χ4v) is 1.13. The molecule has 78 valence electrons. The molecule has 0 aromatic heterocycles. The second-order valence-electron chi connectivity index (χ2n) is 2.76. The fourth-order valence-electron chi connectivity index (χ4n) is 1.13. The first-order chi connectivity index (χ1) is 6.60. The summed E-state index contributed by atoms with van der Waals surface area (Å²) in [6.45, 7) is 0.0704. The molecule has 0 saturated carbocycles. The normalized spacial score (nSPS) is 12.9. The van der Waals surface area contributed by atoms with Gasteiger partial charge in [-0.2, -0.15) is 0 Å². The molecule has 0 heterocycles. The quantitative estimate of drug-likeness (QED) is 0.763. The molecule has 0 fully saturated rings. The first kappa shape index (κ1) is 11.0. The van der Waals surface area contributed by atoms with E-state index in [4.69, 9.17) is 10.5 Å². The lowest BCUT2D eigenvalue weighted by molar-refractivity contribution is 0.110. The smallest absolute Gasteiger partial charge is 0.194 e. The summed E-state index contributed by atoms with van der Waals surface area (Å²) in [6, 6.07) is 1.75. The molecule has 1 aromatic rings. The zero-order valence-corrected chi connectivity index (χ0v) is 7.56. The molecule has 5 heteroatoms. The van der Waals surface area contributed by atoms with Crippen LogP contribution in [0.2, 0.25) is 0 Å². The Morgan fingerprint density at radius 1 is 1.29 bits per heavy atom. The zero-order valence-electron chi connectivity index (χ0n) is 7.56. The summed E-state index contributed by atoms with van der Waals surface area (Å²) in [7, 11) is 1.36. The van der Waals surface area contributed by atoms with E-state index in [1.807, 2.05) is 0 Å². The molecule has 2 N–H and O–H groups in total. The minimum atomic E-state index is -1.49. The summed E-state index contributed by atoms with van der Waals surface area (Å²) >= 11 is 0. The van der Waals surface area contributed by atoms with Crippen LogP contribution in [0, 0.1) is 17.5 Å². The molecule has 1 rings (SSSR count). The van der Waals surface area contributed by atoms with Crippen LogP contribution < -0.4 is 5.73 Å². The summed E-state index contributed by atoms with van der Waals surface area (Å²) in [5, 5.41) is 0. The predicted octanol–water partition coefficient (Wildman–Crippen LogP) is 1.75. The lowest BCUT2D eigenvalue weighted by atomic mass is 10.1. The van der Waals surface area contributed by atoms with Gasteiger partial charge in [0.2, 0.25) is 0 Å². The molecule has 0 bridgehead atoms. The Labute approximate surface area is 79.5 Å². The Balaban J connectivity index is 3.11. The Bertz CT molecular complexity index is 303. The number of halogens is 3. The molecule has 2 nitrogen and oxygen atoms in total. The summed E-state index contributed by atoms with van der Waals surface area (Å²) < 4.78 is 42.9. The van der Waals surface area contributed by atoms with Gasteiger partial charge < -0.3 is 10.5 Å². The standard InChI is InChI=1S/C9H10F3NO/c1-14-8(4-13)5-2-6(10)9(12)7(11)3-5/h2-3,8H,4,13H2,1H3. The number of rotatable bonds is 3. The SMILES string of the molecule is COC(CN)c1cc(F)c(F)c(F)c1. The highest BCUT2D eigenvalue weighted by atomic mass is 19.2. The van der Waals surface area contributed by atoms with Crippen LogP contribution in [-0.4, -0.2) is 13.7 Å².